The third-order valence-corrected chi connectivity index (χ3v) is 5.26. The molecule has 1 heterocycles. The second kappa shape index (κ2) is 5.63. The van der Waals surface area contributed by atoms with Crippen molar-refractivity contribution < 1.29 is 0 Å². The van der Waals surface area contributed by atoms with Gasteiger partial charge < -0.3 is 0 Å². The minimum atomic E-state index is 0.225. The highest BCUT2D eigenvalue weighted by Crippen LogP contribution is 2.45. The van der Waals surface area contributed by atoms with Crippen molar-refractivity contribution >= 4 is 16.8 Å². The standard InChI is InChI=1S/C22H18N4/c1-14-13-16-8-4-6-10-18(16)20(14)19-12-11-15-7-3-5-9-17(15)21(19)22-23-24-25-26(22)2/h3-13,20H,1-2H3. The summed E-state index contributed by atoms with van der Waals surface area (Å²) < 4.78 is 1.76. The van der Waals surface area contributed by atoms with Crippen LogP contribution in [0, 0.1) is 0 Å². The number of hydrogen-bond donors (Lipinski definition) is 0. The van der Waals surface area contributed by atoms with Crippen LogP contribution in [-0.4, -0.2) is 20.2 Å². The average molecular weight is 338 g/mol. The van der Waals surface area contributed by atoms with Crippen LogP contribution in [-0.2, 0) is 7.05 Å². The summed E-state index contributed by atoms with van der Waals surface area (Å²) in [6.45, 7) is 2.21. The maximum atomic E-state index is 4.33. The summed E-state index contributed by atoms with van der Waals surface area (Å²) in [6.07, 6.45) is 2.29. The number of hydrogen-bond acceptors (Lipinski definition) is 3. The summed E-state index contributed by atoms with van der Waals surface area (Å²) in [5, 5.41) is 14.7. The Labute approximate surface area is 151 Å². The van der Waals surface area contributed by atoms with Crippen molar-refractivity contribution in [1.82, 2.24) is 20.2 Å². The summed E-state index contributed by atoms with van der Waals surface area (Å²) in [5.74, 6) is 1.02. The zero-order chi connectivity index (χ0) is 17.7. The van der Waals surface area contributed by atoms with Crippen molar-refractivity contribution in [3.8, 4) is 11.4 Å². The van der Waals surface area contributed by atoms with E-state index in [1.54, 1.807) is 4.68 Å². The number of nitrogens with zero attached hydrogens (tertiary/aromatic N) is 4. The first-order valence-corrected chi connectivity index (χ1v) is 8.75. The van der Waals surface area contributed by atoms with Gasteiger partial charge in [-0.15, -0.1) is 5.10 Å². The van der Waals surface area contributed by atoms with E-state index >= 15 is 0 Å². The van der Waals surface area contributed by atoms with Crippen molar-refractivity contribution in [2.24, 2.45) is 7.05 Å². The molecule has 0 amide bonds. The molecule has 1 atom stereocenters. The second-order valence-corrected chi connectivity index (χ2v) is 6.83. The molecule has 1 aliphatic rings. The summed E-state index contributed by atoms with van der Waals surface area (Å²) in [7, 11) is 1.90. The van der Waals surface area contributed by atoms with E-state index in [1.165, 1.54) is 33.0 Å². The van der Waals surface area contributed by atoms with E-state index in [1.807, 2.05) is 7.05 Å². The maximum absolute atomic E-state index is 4.33. The van der Waals surface area contributed by atoms with Gasteiger partial charge in [0, 0.05) is 18.5 Å². The molecule has 26 heavy (non-hydrogen) atoms. The molecule has 1 aromatic heterocycles. The van der Waals surface area contributed by atoms with Crippen molar-refractivity contribution in [2.45, 2.75) is 12.8 Å². The highest BCUT2D eigenvalue weighted by Gasteiger charge is 2.28. The van der Waals surface area contributed by atoms with E-state index < -0.39 is 0 Å². The first kappa shape index (κ1) is 15.0. The third kappa shape index (κ3) is 2.12. The van der Waals surface area contributed by atoms with Gasteiger partial charge in [0.2, 0.25) is 0 Å². The van der Waals surface area contributed by atoms with E-state index in [-0.39, 0.29) is 5.92 Å². The van der Waals surface area contributed by atoms with Gasteiger partial charge in [0.1, 0.15) is 0 Å². The van der Waals surface area contributed by atoms with Crippen LogP contribution in [0.5, 0.6) is 0 Å². The van der Waals surface area contributed by atoms with E-state index in [2.05, 4.69) is 89.2 Å². The van der Waals surface area contributed by atoms with Crippen LogP contribution in [0.4, 0.5) is 0 Å². The van der Waals surface area contributed by atoms with Crippen molar-refractivity contribution in [3.63, 3.8) is 0 Å². The summed E-state index contributed by atoms with van der Waals surface area (Å²) >= 11 is 0. The fourth-order valence-corrected chi connectivity index (χ4v) is 4.11. The maximum Gasteiger partial charge on any atom is 0.182 e. The molecule has 0 saturated carbocycles. The molecule has 0 radical (unpaired) electrons. The number of rotatable bonds is 2. The molecule has 0 saturated heterocycles. The van der Waals surface area contributed by atoms with Gasteiger partial charge in [0.25, 0.3) is 0 Å². The van der Waals surface area contributed by atoms with Crippen molar-refractivity contribution in [1.29, 1.82) is 0 Å². The average Bonchev–Trinajstić information content (AvgIpc) is 3.23. The van der Waals surface area contributed by atoms with Crippen LogP contribution >= 0.6 is 0 Å². The highest BCUT2D eigenvalue weighted by atomic mass is 15.5. The van der Waals surface area contributed by atoms with Gasteiger partial charge >= 0.3 is 0 Å². The Hall–Kier alpha value is -3.27. The molecule has 0 bridgehead atoms. The Bertz CT molecular complexity index is 1170. The fraction of sp³-hybridized carbons (Fsp3) is 0.136. The smallest absolute Gasteiger partial charge is 0.182 e. The molecule has 1 unspecified atom stereocenters. The largest absolute Gasteiger partial charge is 0.229 e. The first-order valence-electron chi connectivity index (χ1n) is 8.75. The fourth-order valence-electron chi connectivity index (χ4n) is 4.11. The van der Waals surface area contributed by atoms with Gasteiger partial charge in [-0.05, 0) is 44.8 Å². The normalized spacial score (nSPS) is 15.9. The Morgan fingerprint density at radius 1 is 0.885 bits per heavy atom. The molecule has 0 spiro atoms. The predicted molar refractivity (Wildman–Crippen MR) is 104 cm³/mol. The molecule has 5 rings (SSSR count). The SMILES string of the molecule is CC1=Cc2ccccc2C1c1ccc2ccccc2c1-c1nnnn1C. The number of fused-ring (bicyclic) bond motifs is 2. The van der Waals surface area contributed by atoms with Crippen LogP contribution in [0.15, 0.2) is 66.2 Å². The van der Waals surface area contributed by atoms with Gasteiger partial charge in [-0.2, -0.15) is 0 Å². The number of tetrazole rings is 1. The Balaban J connectivity index is 1.85. The summed E-state index contributed by atoms with van der Waals surface area (Å²) in [5.41, 5.74) is 6.35. The van der Waals surface area contributed by atoms with Gasteiger partial charge in [0.15, 0.2) is 5.82 Å². The molecule has 4 nitrogen and oxygen atoms in total. The number of allylic oxidation sites excluding steroid dienone is 1. The van der Waals surface area contributed by atoms with Gasteiger partial charge in [-0.1, -0.05) is 72.3 Å². The zero-order valence-corrected chi connectivity index (χ0v) is 14.7. The van der Waals surface area contributed by atoms with Gasteiger partial charge in [-0.25, -0.2) is 4.68 Å². The third-order valence-electron chi connectivity index (χ3n) is 5.26. The van der Waals surface area contributed by atoms with Crippen LogP contribution in [0.1, 0.15) is 29.5 Å². The van der Waals surface area contributed by atoms with Crippen LogP contribution in [0.3, 0.4) is 0 Å². The lowest BCUT2D eigenvalue weighted by Gasteiger charge is -2.20. The Morgan fingerprint density at radius 3 is 2.54 bits per heavy atom. The topological polar surface area (TPSA) is 43.6 Å². The Morgan fingerprint density at radius 2 is 1.69 bits per heavy atom. The molecule has 4 aromatic rings. The molecule has 4 heteroatoms. The molecular weight excluding hydrogens is 320 g/mol. The lowest BCUT2D eigenvalue weighted by atomic mass is 9.84. The number of aryl methyl sites for hydroxylation is 1. The van der Waals surface area contributed by atoms with Crippen molar-refractivity contribution in [2.75, 3.05) is 0 Å². The highest BCUT2D eigenvalue weighted by molar-refractivity contribution is 5.97. The molecule has 1 aliphatic carbocycles. The van der Waals surface area contributed by atoms with E-state index in [9.17, 15) is 0 Å². The lowest BCUT2D eigenvalue weighted by molar-refractivity contribution is 0.714. The van der Waals surface area contributed by atoms with Crippen LogP contribution in [0.2, 0.25) is 0 Å². The second-order valence-electron chi connectivity index (χ2n) is 6.83. The summed E-state index contributed by atoms with van der Waals surface area (Å²) in [6, 6.07) is 21.5. The molecule has 0 fully saturated rings. The van der Waals surface area contributed by atoms with Crippen LogP contribution in [0.25, 0.3) is 28.2 Å². The van der Waals surface area contributed by atoms with Crippen LogP contribution < -0.4 is 0 Å². The van der Waals surface area contributed by atoms with Gasteiger partial charge in [0.05, 0.1) is 0 Å². The zero-order valence-electron chi connectivity index (χ0n) is 14.7. The first-order chi connectivity index (χ1) is 12.7. The lowest BCUT2D eigenvalue weighted by Crippen LogP contribution is -2.05. The van der Waals surface area contributed by atoms with Gasteiger partial charge in [-0.3, -0.25) is 0 Å². The molecular formula is C22H18N4. The molecule has 126 valence electrons. The number of benzene rings is 3. The van der Waals surface area contributed by atoms with Crippen molar-refractivity contribution in [3.05, 3.63) is 82.9 Å². The number of aromatic nitrogens is 4. The molecule has 0 aliphatic heterocycles. The predicted octanol–water partition coefficient (Wildman–Crippen LogP) is 4.58. The minimum Gasteiger partial charge on any atom is -0.229 e. The summed E-state index contributed by atoms with van der Waals surface area (Å²) in [4.78, 5) is 0. The molecule has 3 aromatic carbocycles. The minimum absolute atomic E-state index is 0.225. The molecule has 0 N–H and O–H groups in total. The van der Waals surface area contributed by atoms with E-state index in [4.69, 9.17) is 0 Å². The van der Waals surface area contributed by atoms with E-state index in [0.29, 0.717) is 0 Å². The Kier molecular flexibility index (Phi) is 3.25. The quantitative estimate of drug-likeness (QED) is 0.537. The van der Waals surface area contributed by atoms with E-state index in [0.717, 1.165) is 11.4 Å². The monoisotopic (exact) mass is 338 g/mol.